The topological polar surface area (TPSA) is 128 Å². The minimum atomic E-state index is -4.69. The van der Waals surface area contributed by atoms with E-state index in [1.165, 1.54) is 30.3 Å². The lowest BCUT2D eigenvalue weighted by molar-refractivity contribution is -0.138. The molecule has 0 radical (unpaired) electrons. The van der Waals surface area contributed by atoms with Gasteiger partial charge in [0, 0.05) is 5.69 Å². The summed E-state index contributed by atoms with van der Waals surface area (Å²) in [7, 11) is 1.18. The van der Waals surface area contributed by atoms with E-state index in [4.69, 9.17) is 22.1 Å². The van der Waals surface area contributed by atoms with Gasteiger partial charge >= 0.3 is 6.18 Å². The number of benzene rings is 2. The van der Waals surface area contributed by atoms with Crippen molar-refractivity contribution >= 4 is 40.0 Å². The number of aliphatic hydroxyl groups is 1. The fourth-order valence-electron chi connectivity index (χ4n) is 3.47. The van der Waals surface area contributed by atoms with Crippen LogP contribution in [-0.4, -0.2) is 37.9 Å². The van der Waals surface area contributed by atoms with Crippen LogP contribution in [-0.2, 0) is 11.0 Å². The standard InChI is InChI=1S/C22H18ClF3N6O3/c1-10-17-18(20(27)29-9-28-17)32(31-10)16-4-3-13(8-15(16)23)30-21(34)19(33)11-5-12(22(24,25)26)7-14(6-11)35-2/h3-9,19,33H,1-2H3,(H,30,34)(H2,27,28,29). The number of aliphatic hydroxyl groups excluding tert-OH is 1. The number of halogens is 4. The third-order valence-corrected chi connectivity index (χ3v) is 5.46. The first-order chi connectivity index (χ1) is 16.5. The summed E-state index contributed by atoms with van der Waals surface area (Å²) in [6, 6.07) is 7.03. The molecule has 2 aromatic carbocycles. The number of anilines is 2. The average Bonchev–Trinajstić information content (AvgIpc) is 3.15. The molecule has 0 saturated carbocycles. The zero-order valence-corrected chi connectivity index (χ0v) is 19.0. The Bertz CT molecular complexity index is 1440. The number of nitrogens with two attached hydrogens (primary N) is 1. The summed E-state index contributed by atoms with van der Waals surface area (Å²) in [4.78, 5) is 20.7. The Kier molecular flexibility index (Phi) is 6.26. The van der Waals surface area contributed by atoms with Gasteiger partial charge in [-0.05, 0) is 48.9 Å². The maximum Gasteiger partial charge on any atom is 0.416 e. The molecule has 4 aromatic rings. The summed E-state index contributed by atoms with van der Waals surface area (Å²) in [5.74, 6) is -0.920. The predicted octanol–water partition coefficient (Wildman–Crippen LogP) is 4.06. The summed E-state index contributed by atoms with van der Waals surface area (Å²) in [5.41, 5.74) is 6.86. The van der Waals surface area contributed by atoms with E-state index in [2.05, 4.69) is 20.4 Å². The summed E-state index contributed by atoms with van der Waals surface area (Å²) in [5, 5.41) is 17.4. The van der Waals surface area contributed by atoms with Gasteiger partial charge in [-0.25, -0.2) is 14.6 Å². The van der Waals surface area contributed by atoms with Gasteiger partial charge in [0.05, 0.1) is 29.1 Å². The van der Waals surface area contributed by atoms with E-state index in [0.717, 1.165) is 12.1 Å². The number of nitrogens with zero attached hydrogens (tertiary/aromatic N) is 4. The number of hydrogen-bond acceptors (Lipinski definition) is 7. The fourth-order valence-corrected chi connectivity index (χ4v) is 3.73. The van der Waals surface area contributed by atoms with Gasteiger partial charge in [-0.15, -0.1) is 0 Å². The predicted molar refractivity (Wildman–Crippen MR) is 122 cm³/mol. The number of aromatic nitrogens is 4. The monoisotopic (exact) mass is 506 g/mol. The van der Waals surface area contributed by atoms with Gasteiger partial charge in [-0.3, -0.25) is 4.79 Å². The first-order valence-electron chi connectivity index (χ1n) is 10.0. The van der Waals surface area contributed by atoms with Crippen molar-refractivity contribution in [2.75, 3.05) is 18.2 Å². The molecular weight excluding hydrogens is 489 g/mol. The molecule has 9 nitrogen and oxygen atoms in total. The molecule has 2 aromatic heterocycles. The third-order valence-electron chi connectivity index (χ3n) is 5.15. The molecule has 1 atom stereocenters. The van der Waals surface area contributed by atoms with Crippen molar-refractivity contribution in [3.05, 3.63) is 64.6 Å². The second kappa shape index (κ2) is 9.04. The number of fused-ring (bicyclic) bond motifs is 1. The van der Waals surface area contributed by atoms with E-state index in [1.807, 2.05) is 0 Å². The molecule has 0 spiro atoms. The Morgan fingerprint density at radius 3 is 2.63 bits per heavy atom. The van der Waals surface area contributed by atoms with Gasteiger partial charge < -0.3 is 20.9 Å². The molecular formula is C22H18ClF3N6O3. The Morgan fingerprint density at radius 2 is 1.97 bits per heavy atom. The average molecular weight is 507 g/mol. The van der Waals surface area contributed by atoms with Crippen LogP contribution in [0.15, 0.2) is 42.7 Å². The number of methoxy groups -OCH3 is 1. The largest absolute Gasteiger partial charge is 0.497 e. The summed E-state index contributed by atoms with van der Waals surface area (Å²) in [6.45, 7) is 1.75. The number of amides is 1. The number of nitrogen functional groups attached to an aromatic ring is 1. The lowest BCUT2D eigenvalue weighted by atomic mass is 10.0. The van der Waals surface area contributed by atoms with E-state index in [9.17, 15) is 23.1 Å². The Balaban J connectivity index is 1.61. The molecule has 182 valence electrons. The Hall–Kier alpha value is -3.90. The molecule has 4 rings (SSSR count). The molecule has 0 aliphatic carbocycles. The minimum absolute atomic E-state index is 0.154. The van der Waals surface area contributed by atoms with E-state index in [1.54, 1.807) is 13.0 Å². The second-order valence-electron chi connectivity index (χ2n) is 7.50. The van der Waals surface area contributed by atoms with Crippen molar-refractivity contribution in [2.45, 2.75) is 19.2 Å². The molecule has 13 heteroatoms. The summed E-state index contributed by atoms with van der Waals surface area (Å²) in [6.07, 6.45) is -5.27. The smallest absolute Gasteiger partial charge is 0.416 e. The van der Waals surface area contributed by atoms with Gasteiger partial charge in [0.2, 0.25) is 0 Å². The van der Waals surface area contributed by atoms with Crippen LogP contribution in [0.2, 0.25) is 5.02 Å². The van der Waals surface area contributed by atoms with Crippen LogP contribution in [0.5, 0.6) is 5.75 Å². The molecule has 0 fully saturated rings. The summed E-state index contributed by atoms with van der Waals surface area (Å²) < 4.78 is 45.8. The van der Waals surface area contributed by atoms with Crippen LogP contribution in [0.3, 0.4) is 0 Å². The number of hydrogen-bond donors (Lipinski definition) is 3. The van der Waals surface area contributed by atoms with Gasteiger partial charge in [0.1, 0.15) is 23.1 Å². The highest BCUT2D eigenvalue weighted by molar-refractivity contribution is 6.32. The normalized spacial score (nSPS) is 12.5. The lowest BCUT2D eigenvalue weighted by Crippen LogP contribution is -2.21. The fraction of sp³-hybridized carbons (Fsp3) is 0.182. The zero-order chi connectivity index (χ0) is 25.5. The maximum atomic E-state index is 13.2. The molecule has 1 unspecified atom stereocenters. The van der Waals surface area contributed by atoms with Gasteiger partial charge in [0.25, 0.3) is 5.91 Å². The highest BCUT2D eigenvalue weighted by atomic mass is 35.5. The van der Waals surface area contributed by atoms with Crippen molar-refractivity contribution in [1.82, 2.24) is 19.7 Å². The van der Waals surface area contributed by atoms with Crippen LogP contribution in [0.1, 0.15) is 22.9 Å². The van der Waals surface area contributed by atoms with E-state index in [-0.39, 0.29) is 27.8 Å². The SMILES string of the molecule is COc1cc(C(O)C(=O)Nc2ccc(-n3nc(C)c4ncnc(N)c43)c(Cl)c2)cc(C(F)(F)F)c1. The number of carbonyl (C=O) groups is 1. The quantitative estimate of drug-likeness (QED) is 0.372. The Morgan fingerprint density at radius 1 is 1.23 bits per heavy atom. The number of carbonyl (C=O) groups excluding carboxylic acids is 1. The second-order valence-corrected chi connectivity index (χ2v) is 7.91. The van der Waals surface area contributed by atoms with E-state index >= 15 is 0 Å². The van der Waals surface area contributed by atoms with Gasteiger partial charge in [-0.2, -0.15) is 18.3 Å². The molecule has 2 heterocycles. The number of nitrogens with one attached hydrogen (secondary N) is 1. The van der Waals surface area contributed by atoms with Crippen molar-refractivity contribution < 1.29 is 27.8 Å². The lowest BCUT2D eigenvalue weighted by Gasteiger charge is -2.16. The number of aryl methyl sites for hydroxylation is 1. The highest BCUT2D eigenvalue weighted by Crippen LogP contribution is 2.35. The highest BCUT2D eigenvalue weighted by Gasteiger charge is 2.33. The first-order valence-corrected chi connectivity index (χ1v) is 10.4. The zero-order valence-electron chi connectivity index (χ0n) is 18.3. The molecule has 0 bridgehead atoms. The van der Waals surface area contributed by atoms with Crippen molar-refractivity contribution in [3.63, 3.8) is 0 Å². The van der Waals surface area contributed by atoms with Gasteiger partial charge in [0.15, 0.2) is 11.9 Å². The van der Waals surface area contributed by atoms with E-state index in [0.29, 0.717) is 28.5 Å². The number of alkyl halides is 3. The molecule has 1 amide bonds. The van der Waals surface area contributed by atoms with Crippen molar-refractivity contribution in [1.29, 1.82) is 0 Å². The molecule has 0 aliphatic heterocycles. The summed E-state index contributed by atoms with van der Waals surface area (Å²) >= 11 is 6.42. The van der Waals surface area contributed by atoms with Crippen LogP contribution >= 0.6 is 11.6 Å². The van der Waals surface area contributed by atoms with Crippen LogP contribution in [0.25, 0.3) is 16.7 Å². The molecule has 0 saturated heterocycles. The molecule has 0 aliphatic rings. The Labute approximate surface area is 201 Å². The van der Waals surface area contributed by atoms with Crippen molar-refractivity contribution in [2.24, 2.45) is 0 Å². The van der Waals surface area contributed by atoms with Crippen LogP contribution in [0, 0.1) is 6.92 Å². The van der Waals surface area contributed by atoms with E-state index < -0.39 is 23.8 Å². The van der Waals surface area contributed by atoms with Crippen LogP contribution in [0.4, 0.5) is 24.7 Å². The number of rotatable bonds is 5. The van der Waals surface area contributed by atoms with Crippen molar-refractivity contribution in [3.8, 4) is 11.4 Å². The maximum absolute atomic E-state index is 13.2. The van der Waals surface area contributed by atoms with Crippen LogP contribution < -0.4 is 15.8 Å². The number of ether oxygens (including phenoxy) is 1. The minimum Gasteiger partial charge on any atom is -0.497 e. The molecule has 35 heavy (non-hydrogen) atoms. The van der Waals surface area contributed by atoms with Gasteiger partial charge in [-0.1, -0.05) is 11.6 Å². The molecule has 4 N–H and O–H groups in total. The third kappa shape index (κ3) is 4.70. The first kappa shape index (κ1) is 24.2.